The molecule has 0 spiro atoms. The van der Waals surface area contributed by atoms with Crippen molar-refractivity contribution in [3.05, 3.63) is 29.8 Å². The summed E-state index contributed by atoms with van der Waals surface area (Å²) in [5.41, 5.74) is 6.43. The van der Waals surface area contributed by atoms with E-state index in [9.17, 15) is 8.42 Å². The van der Waals surface area contributed by atoms with E-state index in [1.807, 2.05) is 0 Å². The van der Waals surface area contributed by atoms with Gasteiger partial charge in [-0.3, -0.25) is 4.55 Å². The van der Waals surface area contributed by atoms with Gasteiger partial charge in [0.25, 0.3) is 10.1 Å². The summed E-state index contributed by atoms with van der Waals surface area (Å²) in [6.07, 6.45) is 0. The Balaban J connectivity index is 3.10. The van der Waals surface area contributed by atoms with Crippen molar-refractivity contribution in [2.24, 2.45) is 0 Å². The molecule has 1 unspecified atom stereocenters. The van der Waals surface area contributed by atoms with Gasteiger partial charge in [-0.05, 0) is 24.6 Å². The Kier molecular flexibility index (Phi) is 2.58. The molecule has 0 fully saturated rings. The normalized spacial score (nSPS) is 14.0. The van der Waals surface area contributed by atoms with E-state index < -0.39 is 15.4 Å². The van der Waals surface area contributed by atoms with Gasteiger partial charge in [-0.25, -0.2) is 0 Å². The highest BCUT2D eigenvalue weighted by Gasteiger charge is 2.18. The van der Waals surface area contributed by atoms with Crippen LogP contribution in [0.15, 0.2) is 24.3 Å². The molecule has 0 aliphatic carbocycles. The second kappa shape index (κ2) is 3.35. The third-order valence-corrected chi connectivity index (χ3v) is 2.99. The summed E-state index contributed by atoms with van der Waals surface area (Å²) in [6.45, 7) is 1.41. The fourth-order valence-electron chi connectivity index (χ4n) is 0.984. The smallest absolute Gasteiger partial charge is 0.271 e. The molecule has 1 aromatic carbocycles. The van der Waals surface area contributed by atoms with Crippen LogP contribution in [-0.2, 0) is 10.1 Å². The van der Waals surface area contributed by atoms with Crippen molar-refractivity contribution in [3.8, 4) is 0 Å². The summed E-state index contributed by atoms with van der Waals surface area (Å²) >= 11 is 0. The summed E-state index contributed by atoms with van der Waals surface area (Å²) in [4.78, 5) is 0. The van der Waals surface area contributed by atoms with E-state index in [2.05, 4.69) is 0 Å². The van der Waals surface area contributed by atoms with Crippen LogP contribution < -0.4 is 5.73 Å². The molecule has 0 aliphatic rings. The molecule has 1 aromatic rings. The van der Waals surface area contributed by atoms with Crippen LogP contribution in [0.1, 0.15) is 17.7 Å². The number of rotatable bonds is 2. The van der Waals surface area contributed by atoms with Gasteiger partial charge in [0.1, 0.15) is 5.25 Å². The summed E-state index contributed by atoms with van der Waals surface area (Å²) in [7, 11) is -4.03. The Labute approximate surface area is 77.1 Å². The van der Waals surface area contributed by atoms with Crippen LogP contribution in [0.2, 0.25) is 0 Å². The fraction of sp³-hybridized carbons (Fsp3) is 0.250. The average Bonchev–Trinajstić information content (AvgIpc) is 2.01. The van der Waals surface area contributed by atoms with Gasteiger partial charge in [0.05, 0.1) is 0 Å². The van der Waals surface area contributed by atoms with Crippen LogP contribution in [0, 0.1) is 0 Å². The second-order valence-corrected chi connectivity index (χ2v) is 4.56. The quantitative estimate of drug-likeness (QED) is 0.557. The summed E-state index contributed by atoms with van der Waals surface area (Å²) < 4.78 is 30.3. The van der Waals surface area contributed by atoms with Gasteiger partial charge >= 0.3 is 0 Å². The number of benzene rings is 1. The van der Waals surface area contributed by atoms with Crippen molar-refractivity contribution in [3.63, 3.8) is 0 Å². The Hall–Kier alpha value is -1.07. The molecule has 0 saturated heterocycles. The average molecular weight is 201 g/mol. The van der Waals surface area contributed by atoms with Crippen molar-refractivity contribution in [2.45, 2.75) is 12.2 Å². The maximum atomic E-state index is 10.8. The zero-order valence-electron chi connectivity index (χ0n) is 7.14. The lowest BCUT2D eigenvalue weighted by molar-refractivity contribution is 0.472. The monoisotopic (exact) mass is 201 g/mol. The Morgan fingerprint density at radius 1 is 1.46 bits per heavy atom. The predicted octanol–water partition coefficient (Wildman–Crippen LogP) is 1.22. The van der Waals surface area contributed by atoms with Crippen molar-refractivity contribution >= 4 is 15.8 Å². The minimum Gasteiger partial charge on any atom is -0.399 e. The molecular formula is C8H11NO3S. The van der Waals surface area contributed by atoms with Gasteiger partial charge in [-0.1, -0.05) is 12.1 Å². The molecule has 0 radical (unpaired) electrons. The zero-order valence-corrected chi connectivity index (χ0v) is 7.95. The number of nitrogens with two attached hydrogens (primary N) is 1. The standard InChI is InChI=1S/C8H11NO3S/c1-6(13(10,11)12)7-3-2-4-8(9)5-7/h2-6H,9H2,1H3,(H,10,11,12). The van der Waals surface area contributed by atoms with Gasteiger partial charge in [0, 0.05) is 5.69 Å². The maximum Gasteiger partial charge on any atom is 0.271 e. The molecule has 4 nitrogen and oxygen atoms in total. The van der Waals surface area contributed by atoms with E-state index in [0.29, 0.717) is 11.3 Å². The highest BCUT2D eigenvalue weighted by Crippen LogP contribution is 2.21. The third-order valence-electron chi connectivity index (χ3n) is 1.83. The number of anilines is 1. The molecule has 0 bridgehead atoms. The highest BCUT2D eigenvalue weighted by molar-refractivity contribution is 7.86. The lowest BCUT2D eigenvalue weighted by Gasteiger charge is -2.08. The summed E-state index contributed by atoms with van der Waals surface area (Å²) in [5, 5.41) is -0.934. The minimum absolute atomic E-state index is 0.480. The van der Waals surface area contributed by atoms with E-state index in [0.717, 1.165) is 0 Å². The van der Waals surface area contributed by atoms with E-state index in [-0.39, 0.29) is 0 Å². The van der Waals surface area contributed by atoms with Crippen molar-refractivity contribution in [2.75, 3.05) is 5.73 Å². The maximum absolute atomic E-state index is 10.8. The Morgan fingerprint density at radius 2 is 2.08 bits per heavy atom. The molecule has 72 valence electrons. The van der Waals surface area contributed by atoms with Crippen LogP contribution in [0.25, 0.3) is 0 Å². The van der Waals surface area contributed by atoms with Crippen molar-refractivity contribution < 1.29 is 13.0 Å². The van der Waals surface area contributed by atoms with Crippen LogP contribution in [0.4, 0.5) is 5.69 Å². The van der Waals surface area contributed by atoms with E-state index in [4.69, 9.17) is 10.3 Å². The van der Waals surface area contributed by atoms with Gasteiger partial charge < -0.3 is 5.73 Å². The molecule has 0 heterocycles. The van der Waals surface area contributed by atoms with Gasteiger partial charge in [-0.15, -0.1) is 0 Å². The first-order valence-corrected chi connectivity index (χ1v) is 5.23. The molecule has 1 rings (SSSR count). The van der Waals surface area contributed by atoms with Gasteiger partial charge in [0.15, 0.2) is 0 Å². The lowest BCUT2D eigenvalue weighted by Crippen LogP contribution is -2.08. The lowest BCUT2D eigenvalue weighted by atomic mass is 10.1. The SMILES string of the molecule is CC(c1cccc(N)c1)S(=O)(=O)O. The molecule has 3 N–H and O–H groups in total. The van der Waals surface area contributed by atoms with E-state index in [1.54, 1.807) is 18.2 Å². The number of nitrogen functional groups attached to an aromatic ring is 1. The molecule has 0 aliphatic heterocycles. The Bertz CT molecular complexity index is 400. The molecular weight excluding hydrogens is 190 g/mol. The van der Waals surface area contributed by atoms with Crippen molar-refractivity contribution in [1.29, 1.82) is 0 Å². The fourth-order valence-corrected chi connectivity index (χ4v) is 1.47. The molecule has 5 heteroatoms. The molecule has 0 amide bonds. The second-order valence-electron chi connectivity index (χ2n) is 2.83. The number of hydrogen-bond donors (Lipinski definition) is 2. The van der Waals surface area contributed by atoms with Crippen LogP contribution in [0.3, 0.4) is 0 Å². The molecule has 0 saturated carbocycles. The first-order valence-electron chi connectivity index (χ1n) is 3.73. The van der Waals surface area contributed by atoms with E-state index in [1.165, 1.54) is 13.0 Å². The van der Waals surface area contributed by atoms with Crippen molar-refractivity contribution in [1.82, 2.24) is 0 Å². The largest absolute Gasteiger partial charge is 0.399 e. The highest BCUT2D eigenvalue weighted by atomic mass is 32.2. The van der Waals surface area contributed by atoms with Gasteiger partial charge in [0.2, 0.25) is 0 Å². The molecule has 0 aromatic heterocycles. The topological polar surface area (TPSA) is 80.4 Å². The Morgan fingerprint density at radius 3 is 2.54 bits per heavy atom. The van der Waals surface area contributed by atoms with Crippen LogP contribution >= 0.6 is 0 Å². The van der Waals surface area contributed by atoms with Crippen LogP contribution in [-0.4, -0.2) is 13.0 Å². The van der Waals surface area contributed by atoms with Gasteiger partial charge in [-0.2, -0.15) is 8.42 Å². The van der Waals surface area contributed by atoms with E-state index >= 15 is 0 Å². The first kappa shape index (κ1) is 10.0. The first-order chi connectivity index (χ1) is 5.91. The molecule has 1 atom stereocenters. The molecule has 13 heavy (non-hydrogen) atoms. The zero-order chi connectivity index (χ0) is 10.1. The summed E-state index contributed by atoms with van der Waals surface area (Å²) in [5.74, 6) is 0. The predicted molar refractivity (Wildman–Crippen MR) is 50.8 cm³/mol. The third kappa shape index (κ3) is 2.43. The summed E-state index contributed by atoms with van der Waals surface area (Å²) in [6, 6.07) is 6.43. The minimum atomic E-state index is -4.03. The number of hydrogen-bond acceptors (Lipinski definition) is 3. The van der Waals surface area contributed by atoms with Crippen LogP contribution in [0.5, 0.6) is 0 Å².